The molecule has 0 aliphatic carbocycles. The maximum absolute atomic E-state index is 12.1. The maximum atomic E-state index is 12.1. The van der Waals surface area contributed by atoms with Crippen LogP contribution in [0.1, 0.15) is 19.4 Å². The fraction of sp³-hybridized carbons (Fsp3) is 0.364. The van der Waals surface area contributed by atoms with E-state index in [1.165, 1.54) is 5.06 Å². The zero-order chi connectivity index (χ0) is 11.5. The highest BCUT2D eigenvalue weighted by atomic mass is 79.9. The van der Waals surface area contributed by atoms with Crippen molar-refractivity contribution in [3.8, 4) is 0 Å². The normalized spacial score (nSPS) is 20.7. The van der Waals surface area contributed by atoms with Crippen molar-refractivity contribution in [3.63, 3.8) is 0 Å². The molecule has 1 aromatic carbocycles. The average molecular weight is 283 g/mol. The van der Waals surface area contributed by atoms with Crippen LogP contribution in [-0.4, -0.2) is 11.4 Å². The predicted molar refractivity (Wildman–Crippen MR) is 64.1 cm³/mol. The number of benzene rings is 1. The van der Waals surface area contributed by atoms with Gasteiger partial charge in [-0.1, -0.05) is 15.9 Å². The Morgan fingerprint density at radius 2 is 2.25 bits per heavy atom. The van der Waals surface area contributed by atoms with Crippen molar-refractivity contribution in [2.75, 3.05) is 10.4 Å². The summed E-state index contributed by atoms with van der Waals surface area (Å²) >= 11 is 3.46. The molecule has 0 saturated heterocycles. The predicted octanol–water partition coefficient (Wildman–Crippen LogP) is 2.43. The van der Waals surface area contributed by atoms with E-state index in [2.05, 4.69) is 21.2 Å². The van der Waals surface area contributed by atoms with Crippen molar-refractivity contribution in [1.82, 2.24) is 0 Å². The molecule has 1 N–H and O–H groups in total. The van der Waals surface area contributed by atoms with E-state index in [0.29, 0.717) is 6.61 Å². The summed E-state index contributed by atoms with van der Waals surface area (Å²) in [6.45, 7) is 4.14. The second-order valence-corrected chi connectivity index (χ2v) is 5.40. The molecule has 0 saturated carbocycles. The van der Waals surface area contributed by atoms with Crippen LogP contribution in [0.4, 0.5) is 11.4 Å². The number of rotatable bonds is 0. The van der Waals surface area contributed by atoms with Gasteiger partial charge in [-0.25, -0.2) is 0 Å². The van der Waals surface area contributed by atoms with Crippen molar-refractivity contribution in [3.05, 3.63) is 22.2 Å². The third-order valence-corrected chi connectivity index (χ3v) is 3.68. The molecule has 0 spiro atoms. The zero-order valence-corrected chi connectivity index (χ0v) is 10.6. The van der Waals surface area contributed by atoms with Crippen LogP contribution in [0.25, 0.3) is 0 Å². The van der Waals surface area contributed by atoms with Crippen molar-refractivity contribution >= 4 is 33.2 Å². The quantitative estimate of drug-likeness (QED) is 0.795. The number of hydrogen-bond acceptors (Lipinski definition) is 3. The Morgan fingerprint density at radius 3 is 3.00 bits per heavy atom. The minimum absolute atomic E-state index is 0.0585. The summed E-state index contributed by atoms with van der Waals surface area (Å²) in [6.07, 6.45) is 0. The Bertz CT molecular complexity index is 499. The van der Waals surface area contributed by atoms with E-state index < -0.39 is 5.54 Å². The average Bonchev–Trinajstić information content (AvgIpc) is 2.65. The summed E-state index contributed by atoms with van der Waals surface area (Å²) < 4.78 is 0.975. The highest BCUT2D eigenvalue weighted by Gasteiger charge is 2.43. The van der Waals surface area contributed by atoms with Gasteiger partial charge in [0.25, 0.3) is 5.91 Å². The number of carbonyl (C=O) groups is 1. The lowest BCUT2D eigenvalue weighted by Crippen LogP contribution is -2.52. The Kier molecular flexibility index (Phi) is 1.89. The van der Waals surface area contributed by atoms with Gasteiger partial charge in [0.1, 0.15) is 17.8 Å². The van der Waals surface area contributed by atoms with Crippen molar-refractivity contribution < 1.29 is 9.63 Å². The lowest BCUT2D eigenvalue weighted by molar-refractivity contribution is -0.129. The van der Waals surface area contributed by atoms with Gasteiger partial charge in [-0.2, -0.15) is 5.06 Å². The Labute approximate surface area is 102 Å². The number of hydrogen-bond donors (Lipinski definition) is 1. The van der Waals surface area contributed by atoms with Gasteiger partial charge in [-0.15, -0.1) is 0 Å². The van der Waals surface area contributed by atoms with Crippen molar-refractivity contribution in [1.29, 1.82) is 0 Å². The molecule has 1 amide bonds. The molecule has 5 heteroatoms. The molecule has 0 fully saturated rings. The van der Waals surface area contributed by atoms with E-state index in [1.54, 1.807) is 0 Å². The molecule has 0 bridgehead atoms. The van der Waals surface area contributed by atoms with Gasteiger partial charge in [-0.3, -0.25) is 9.63 Å². The Hall–Kier alpha value is -1.07. The number of halogens is 1. The fourth-order valence-corrected chi connectivity index (χ4v) is 2.51. The van der Waals surface area contributed by atoms with Crippen LogP contribution < -0.4 is 10.4 Å². The molecule has 0 radical (unpaired) electrons. The molecule has 3 rings (SSSR count). The van der Waals surface area contributed by atoms with Crippen LogP contribution in [0.5, 0.6) is 0 Å². The van der Waals surface area contributed by atoms with Crippen LogP contribution in [0.3, 0.4) is 0 Å². The first-order valence-electron chi connectivity index (χ1n) is 5.08. The molecule has 4 nitrogen and oxygen atoms in total. The number of nitrogens with one attached hydrogen (secondary N) is 1. The van der Waals surface area contributed by atoms with Gasteiger partial charge < -0.3 is 5.32 Å². The molecular weight excluding hydrogens is 272 g/mol. The first kappa shape index (κ1) is 10.1. The molecule has 16 heavy (non-hydrogen) atoms. The van der Waals surface area contributed by atoms with Gasteiger partial charge in [0.05, 0.1) is 5.69 Å². The molecular formula is C11H11BrN2O2. The third kappa shape index (κ3) is 1.15. The first-order chi connectivity index (χ1) is 7.50. The van der Waals surface area contributed by atoms with E-state index in [4.69, 9.17) is 4.84 Å². The van der Waals surface area contributed by atoms with Crippen molar-refractivity contribution in [2.24, 2.45) is 0 Å². The van der Waals surface area contributed by atoms with Crippen LogP contribution in [0.15, 0.2) is 16.6 Å². The zero-order valence-electron chi connectivity index (χ0n) is 9.00. The number of carbonyl (C=O) groups excluding carboxylic acids is 1. The van der Waals surface area contributed by atoms with E-state index in [1.807, 2.05) is 26.0 Å². The molecule has 2 heterocycles. The summed E-state index contributed by atoms with van der Waals surface area (Å²) in [5.74, 6) is -0.0585. The Morgan fingerprint density at radius 1 is 1.50 bits per heavy atom. The largest absolute Gasteiger partial charge is 0.370 e. The molecule has 0 aromatic heterocycles. The summed E-state index contributed by atoms with van der Waals surface area (Å²) in [5.41, 5.74) is 2.19. The van der Waals surface area contributed by atoms with E-state index in [0.717, 1.165) is 21.4 Å². The summed E-state index contributed by atoms with van der Waals surface area (Å²) in [4.78, 5) is 17.6. The molecule has 2 aliphatic rings. The standard InChI is InChI=1S/C11H11BrN2O2/c1-11(2)10(15)14-9-6(5-16-14)7(12)3-4-8(9)13-11/h3-4,13H,5H2,1-2H3. The lowest BCUT2D eigenvalue weighted by Gasteiger charge is -2.36. The summed E-state index contributed by atoms with van der Waals surface area (Å²) in [5, 5.41) is 4.64. The van der Waals surface area contributed by atoms with Gasteiger partial charge in [0.2, 0.25) is 0 Å². The molecule has 2 aliphatic heterocycles. The number of nitrogens with zero attached hydrogens (tertiary/aromatic N) is 1. The SMILES string of the molecule is CC1(C)Nc2ccc(Br)c3c2N(OC3)C1=O. The highest BCUT2D eigenvalue weighted by Crippen LogP contribution is 2.45. The highest BCUT2D eigenvalue weighted by molar-refractivity contribution is 9.10. The minimum atomic E-state index is -0.623. The minimum Gasteiger partial charge on any atom is -0.370 e. The first-order valence-corrected chi connectivity index (χ1v) is 5.87. The molecule has 1 aromatic rings. The van der Waals surface area contributed by atoms with Crippen LogP contribution in [-0.2, 0) is 16.2 Å². The summed E-state index contributed by atoms with van der Waals surface area (Å²) in [6, 6.07) is 3.93. The maximum Gasteiger partial charge on any atom is 0.276 e. The van der Waals surface area contributed by atoms with Crippen LogP contribution in [0, 0.1) is 0 Å². The van der Waals surface area contributed by atoms with Gasteiger partial charge in [0.15, 0.2) is 0 Å². The second-order valence-electron chi connectivity index (χ2n) is 4.55. The molecule has 84 valence electrons. The van der Waals surface area contributed by atoms with E-state index >= 15 is 0 Å². The van der Waals surface area contributed by atoms with E-state index in [9.17, 15) is 4.79 Å². The van der Waals surface area contributed by atoms with Gasteiger partial charge in [-0.05, 0) is 26.0 Å². The Balaban J connectivity index is 2.24. The van der Waals surface area contributed by atoms with Crippen LogP contribution >= 0.6 is 15.9 Å². The number of amides is 1. The third-order valence-electron chi connectivity index (χ3n) is 2.93. The summed E-state index contributed by atoms with van der Waals surface area (Å²) in [7, 11) is 0. The molecule has 0 unspecified atom stereocenters. The fourth-order valence-electron chi connectivity index (χ4n) is 2.08. The lowest BCUT2D eigenvalue weighted by atomic mass is 9.98. The van der Waals surface area contributed by atoms with Crippen molar-refractivity contribution in [2.45, 2.75) is 26.0 Å². The monoisotopic (exact) mass is 282 g/mol. The van der Waals surface area contributed by atoms with Crippen LogP contribution in [0.2, 0.25) is 0 Å². The van der Waals surface area contributed by atoms with E-state index in [-0.39, 0.29) is 5.91 Å². The van der Waals surface area contributed by atoms with Gasteiger partial charge >= 0.3 is 0 Å². The number of anilines is 2. The molecule has 0 atom stereocenters. The smallest absolute Gasteiger partial charge is 0.276 e. The number of hydroxylamine groups is 1. The topological polar surface area (TPSA) is 41.6 Å². The second kappa shape index (κ2) is 2.99. The van der Waals surface area contributed by atoms with Gasteiger partial charge in [0, 0.05) is 10.0 Å².